The van der Waals surface area contributed by atoms with Gasteiger partial charge in [-0.15, -0.1) is 0 Å². The van der Waals surface area contributed by atoms with Gasteiger partial charge in [0, 0.05) is 19.3 Å². The predicted octanol–water partition coefficient (Wildman–Crippen LogP) is 16.6. The molecular formula is C55H94O6. The van der Waals surface area contributed by atoms with E-state index in [2.05, 4.69) is 57.2 Å². The smallest absolute Gasteiger partial charge is 0.306 e. The normalized spacial score (nSPS) is 12.6. The zero-order valence-electron chi connectivity index (χ0n) is 39.9. The maximum absolute atomic E-state index is 12.8. The zero-order valence-corrected chi connectivity index (χ0v) is 39.9. The summed E-state index contributed by atoms with van der Waals surface area (Å²) in [5.41, 5.74) is 0. The summed E-state index contributed by atoms with van der Waals surface area (Å²) < 4.78 is 16.7. The first-order valence-corrected chi connectivity index (χ1v) is 25.5. The molecule has 0 spiro atoms. The number of carbonyl (C=O) groups excluding carboxylic acids is 3. The summed E-state index contributed by atoms with van der Waals surface area (Å²) in [7, 11) is 0. The van der Waals surface area contributed by atoms with Crippen LogP contribution in [-0.4, -0.2) is 37.2 Å². The second-order valence-electron chi connectivity index (χ2n) is 16.8. The van der Waals surface area contributed by atoms with Crippen molar-refractivity contribution in [2.45, 2.75) is 245 Å². The van der Waals surface area contributed by atoms with Crippen LogP contribution in [0.2, 0.25) is 0 Å². The van der Waals surface area contributed by atoms with Crippen LogP contribution in [0.1, 0.15) is 239 Å². The van der Waals surface area contributed by atoms with E-state index in [1.165, 1.54) is 116 Å². The number of unbranched alkanes of at least 4 members (excludes halogenated alkanes) is 25. The highest BCUT2D eigenvalue weighted by atomic mass is 16.6. The largest absolute Gasteiger partial charge is 0.462 e. The lowest BCUT2D eigenvalue weighted by atomic mass is 10.1. The molecule has 0 fully saturated rings. The molecule has 0 aliphatic rings. The van der Waals surface area contributed by atoms with E-state index in [-0.39, 0.29) is 37.5 Å². The SMILES string of the molecule is CC/C=C/C=C/C=C/C=C/CCCCCC(=O)OC(COC(=O)CCCCC/C=C/CCCCCCCC)COC(=O)CCCCCCCCC/C=C/CCCCCCCC. The van der Waals surface area contributed by atoms with Gasteiger partial charge in [0.05, 0.1) is 0 Å². The van der Waals surface area contributed by atoms with Crippen LogP contribution in [0.3, 0.4) is 0 Å². The van der Waals surface area contributed by atoms with E-state index in [1.54, 1.807) is 0 Å². The van der Waals surface area contributed by atoms with Crippen LogP contribution < -0.4 is 0 Å². The van der Waals surface area contributed by atoms with Gasteiger partial charge in [0.15, 0.2) is 6.10 Å². The molecule has 350 valence electrons. The zero-order chi connectivity index (χ0) is 44.4. The molecule has 0 radical (unpaired) electrons. The topological polar surface area (TPSA) is 78.9 Å². The van der Waals surface area contributed by atoms with Gasteiger partial charge in [-0.2, -0.15) is 0 Å². The first kappa shape index (κ1) is 57.9. The van der Waals surface area contributed by atoms with Crippen molar-refractivity contribution in [3.63, 3.8) is 0 Å². The Bertz CT molecular complexity index is 1160. The van der Waals surface area contributed by atoms with Crippen molar-refractivity contribution in [1.82, 2.24) is 0 Å². The molecule has 0 saturated carbocycles. The van der Waals surface area contributed by atoms with Crippen molar-refractivity contribution in [2.75, 3.05) is 13.2 Å². The van der Waals surface area contributed by atoms with E-state index in [9.17, 15) is 14.4 Å². The van der Waals surface area contributed by atoms with Crippen molar-refractivity contribution in [3.8, 4) is 0 Å². The van der Waals surface area contributed by atoms with Gasteiger partial charge < -0.3 is 14.2 Å². The highest BCUT2D eigenvalue weighted by Gasteiger charge is 2.19. The van der Waals surface area contributed by atoms with Gasteiger partial charge in [-0.05, 0) is 89.9 Å². The molecule has 6 heteroatoms. The minimum Gasteiger partial charge on any atom is -0.462 e. The van der Waals surface area contributed by atoms with Gasteiger partial charge >= 0.3 is 17.9 Å². The van der Waals surface area contributed by atoms with E-state index >= 15 is 0 Å². The van der Waals surface area contributed by atoms with E-state index < -0.39 is 6.10 Å². The molecule has 0 N–H and O–H groups in total. The first-order valence-electron chi connectivity index (χ1n) is 25.5. The Labute approximate surface area is 376 Å². The second-order valence-corrected chi connectivity index (χ2v) is 16.8. The molecule has 0 aromatic rings. The first-order chi connectivity index (χ1) is 30.0. The summed E-state index contributed by atoms with van der Waals surface area (Å²) in [6.45, 7) is 6.43. The summed E-state index contributed by atoms with van der Waals surface area (Å²) in [4.78, 5) is 37.9. The Kier molecular flexibility index (Phi) is 46.9. The number of carbonyl (C=O) groups is 3. The van der Waals surface area contributed by atoms with Crippen molar-refractivity contribution >= 4 is 17.9 Å². The average molecular weight is 851 g/mol. The van der Waals surface area contributed by atoms with Gasteiger partial charge in [-0.25, -0.2) is 0 Å². The van der Waals surface area contributed by atoms with Crippen LogP contribution >= 0.6 is 0 Å². The van der Waals surface area contributed by atoms with E-state index in [1.807, 2.05) is 36.5 Å². The fourth-order valence-electron chi connectivity index (χ4n) is 6.91. The van der Waals surface area contributed by atoms with E-state index in [0.29, 0.717) is 19.3 Å². The summed E-state index contributed by atoms with van der Waals surface area (Å²) in [5, 5.41) is 0. The number of hydrogen-bond acceptors (Lipinski definition) is 6. The average Bonchev–Trinajstić information content (AvgIpc) is 3.26. The van der Waals surface area contributed by atoms with Gasteiger partial charge in [0.2, 0.25) is 0 Å². The molecule has 6 nitrogen and oxygen atoms in total. The van der Waals surface area contributed by atoms with Crippen molar-refractivity contribution < 1.29 is 28.6 Å². The molecule has 0 aliphatic carbocycles. The Morgan fingerprint density at radius 3 is 1.07 bits per heavy atom. The highest BCUT2D eigenvalue weighted by molar-refractivity contribution is 5.71. The predicted molar refractivity (Wildman–Crippen MR) is 261 cm³/mol. The van der Waals surface area contributed by atoms with Crippen LogP contribution in [-0.2, 0) is 28.6 Å². The molecule has 1 unspecified atom stereocenters. The maximum atomic E-state index is 12.8. The van der Waals surface area contributed by atoms with Crippen LogP contribution in [0.5, 0.6) is 0 Å². The molecule has 0 aromatic heterocycles. The standard InChI is InChI=1S/C55H94O6/c1-4-7-10-13-16-19-22-25-26-27-28-31-33-36-39-42-45-48-54(57)60-51-52(61-55(58)49-46-43-40-37-34-30-24-21-18-15-12-9-6-3)50-59-53(56)47-44-41-38-35-32-29-23-20-17-14-11-8-5-2/h9,12,15,18,21,24-26,29-30,32,34,52H,4-8,10-11,13-14,16-17,19-20,22-23,27-28,31,33,35-51H2,1-3H3/b12-9+,18-15+,24-21+,26-25+,32-29+,34-30+. The molecule has 0 rings (SSSR count). The molecule has 0 saturated heterocycles. The second kappa shape index (κ2) is 49.5. The van der Waals surface area contributed by atoms with Crippen LogP contribution in [0, 0.1) is 0 Å². The summed E-state index contributed by atoms with van der Waals surface area (Å²) in [6, 6.07) is 0. The van der Waals surface area contributed by atoms with Gasteiger partial charge in [-0.3, -0.25) is 14.4 Å². The monoisotopic (exact) mass is 851 g/mol. The minimum atomic E-state index is -0.802. The van der Waals surface area contributed by atoms with E-state index in [4.69, 9.17) is 14.2 Å². The molecular weight excluding hydrogens is 757 g/mol. The van der Waals surface area contributed by atoms with Crippen molar-refractivity contribution in [3.05, 3.63) is 72.9 Å². The van der Waals surface area contributed by atoms with Crippen LogP contribution in [0.15, 0.2) is 72.9 Å². The Morgan fingerprint density at radius 2 is 0.656 bits per heavy atom. The molecule has 0 aromatic carbocycles. The molecule has 0 bridgehead atoms. The fourth-order valence-corrected chi connectivity index (χ4v) is 6.91. The third kappa shape index (κ3) is 47.7. The summed E-state index contributed by atoms with van der Waals surface area (Å²) in [6.07, 6.45) is 61.7. The number of allylic oxidation sites excluding steroid dienone is 12. The lowest BCUT2D eigenvalue weighted by Gasteiger charge is -2.18. The molecule has 0 aliphatic heterocycles. The van der Waals surface area contributed by atoms with Gasteiger partial charge in [-0.1, -0.05) is 203 Å². The summed E-state index contributed by atoms with van der Waals surface area (Å²) in [5.74, 6) is -0.958. The lowest BCUT2D eigenvalue weighted by molar-refractivity contribution is -0.167. The van der Waals surface area contributed by atoms with Crippen LogP contribution in [0.4, 0.5) is 0 Å². The van der Waals surface area contributed by atoms with Gasteiger partial charge in [0.25, 0.3) is 0 Å². The molecule has 0 heterocycles. The summed E-state index contributed by atoms with van der Waals surface area (Å²) >= 11 is 0. The maximum Gasteiger partial charge on any atom is 0.306 e. The van der Waals surface area contributed by atoms with Crippen molar-refractivity contribution in [1.29, 1.82) is 0 Å². The lowest BCUT2D eigenvalue weighted by Crippen LogP contribution is -2.30. The Morgan fingerprint density at radius 1 is 0.344 bits per heavy atom. The number of ether oxygens (including phenoxy) is 3. The van der Waals surface area contributed by atoms with Gasteiger partial charge in [0.1, 0.15) is 13.2 Å². The van der Waals surface area contributed by atoms with Crippen LogP contribution in [0.25, 0.3) is 0 Å². The molecule has 0 amide bonds. The number of esters is 3. The quantitative estimate of drug-likeness (QED) is 0.0200. The third-order valence-corrected chi connectivity index (χ3v) is 10.8. The molecule has 1 atom stereocenters. The van der Waals surface area contributed by atoms with E-state index in [0.717, 1.165) is 77.0 Å². The number of rotatable bonds is 45. The third-order valence-electron chi connectivity index (χ3n) is 10.8. The molecule has 61 heavy (non-hydrogen) atoms. The number of hydrogen-bond donors (Lipinski definition) is 0. The fraction of sp³-hybridized carbons (Fsp3) is 0.727. The Hall–Kier alpha value is -3.15. The minimum absolute atomic E-state index is 0.0985. The Balaban J connectivity index is 4.44. The van der Waals surface area contributed by atoms with Crippen molar-refractivity contribution in [2.24, 2.45) is 0 Å². The highest BCUT2D eigenvalue weighted by Crippen LogP contribution is 2.14.